The van der Waals surface area contributed by atoms with Crippen LogP contribution in [0.1, 0.15) is 44.1 Å². The molecule has 1 heterocycles. The van der Waals surface area contributed by atoms with E-state index in [2.05, 4.69) is 10.6 Å². The molecule has 0 radical (unpaired) electrons. The van der Waals surface area contributed by atoms with Crippen LogP contribution < -0.4 is 27.8 Å². The summed E-state index contributed by atoms with van der Waals surface area (Å²) in [6, 6.07) is 1.90. The van der Waals surface area contributed by atoms with Crippen LogP contribution in [0, 0.1) is 0 Å². The minimum Gasteiger partial charge on any atom is -0.508 e. The summed E-state index contributed by atoms with van der Waals surface area (Å²) in [5.74, 6) is -4.00. The first-order chi connectivity index (χ1) is 17.5. The Labute approximate surface area is 214 Å². The number of aliphatic carboxylic acids is 1. The van der Waals surface area contributed by atoms with Crippen LogP contribution in [0.2, 0.25) is 0 Å². The van der Waals surface area contributed by atoms with Crippen LogP contribution in [0.4, 0.5) is 0 Å². The van der Waals surface area contributed by atoms with Crippen molar-refractivity contribution in [3.63, 3.8) is 0 Å². The van der Waals surface area contributed by atoms with E-state index in [0.29, 0.717) is 38.8 Å². The number of carboxylic acids is 1. The molecule has 1 aliphatic rings. The highest BCUT2D eigenvalue weighted by molar-refractivity contribution is 5.95. The molecule has 13 heteroatoms. The number of amides is 4. The molecule has 0 aromatic heterocycles. The summed E-state index contributed by atoms with van der Waals surface area (Å²) >= 11 is 0. The molecule has 4 atom stereocenters. The van der Waals surface area contributed by atoms with E-state index in [1.54, 1.807) is 12.1 Å². The number of carbonyl (C=O) groups excluding carboxylic acids is 4. The molecule has 204 valence electrons. The topological polar surface area (TPSA) is 231 Å². The van der Waals surface area contributed by atoms with Gasteiger partial charge in [0.15, 0.2) is 0 Å². The first-order valence-electron chi connectivity index (χ1n) is 12.2. The van der Waals surface area contributed by atoms with Crippen molar-refractivity contribution in [1.82, 2.24) is 15.5 Å². The summed E-state index contributed by atoms with van der Waals surface area (Å²) in [5.41, 5.74) is 17.5. The summed E-state index contributed by atoms with van der Waals surface area (Å²) in [5, 5.41) is 23.6. The molecule has 4 unspecified atom stereocenters. The van der Waals surface area contributed by atoms with Crippen molar-refractivity contribution in [2.24, 2.45) is 17.2 Å². The summed E-state index contributed by atoms with van der Waals surface area (Å²) in [6.45, 7) is 0.690. The third kappa shape index (κ3) is 9.03. The van der Waals surface area contributed by atoms with Crippen molar-refractivity contribution < 1.29 is 34.2 Å². The van der Waals surface area contributed by atoms with Crippen LogP contribution in [-0.4, -0.2) is 82.0 Å². The predicted octanol–water partition coefficient (Wildman–Crippen LogP) is -1.69. The number of carbonyl (C=O) groups is 5. The van der Waals surface area contributed by atoms with Gasteiger partial charge in [-0.2, -0.15) is 0 Å². The second-order valence-electron chi connectivity index (χ2n) is 9.08. The molecule has 2 rings (SSSR count). The van der Waals surface area contributed by atoms with Gasteiger partial charge in [0.25, 0.3) is 0 Å². The fourth-order valence-electron chi connectivity index (χ4n) is 4.19. The summed E-state index contributed by atoms with van der Waals surface area (Å²) in [4.78, 5) is 63.0. The molecular formula is C24H36N6O7. The lowest BCUT2D eigenvalue weighted by Crippen LogP contribution is -2.57. The number of nitrogens with one attached hydrogen (secondary N) is 2. The Kier molecular flexibility index (Phi) is 11.3. The number of nitrogens with two attached hydrogens (primary N) is 3. The molecule has 4 amide bonds. The molecule has 1 aromatic rings. The van der Waals surface area contributed by atoms with Gasteiger partial charge >= 0.3 is 5.97 Å². The minimum atomic E-state index is -1.54. The highest BCUT2D eigenvalue weighted by Gasteiger charge is 2.38. The average Bonchev–Trinajstić information content (AvgIpc) is 3.33. The van der Waals surface area contributed by atoms with E-state index in [0.717, 1.165) is 5.56 Å². The second kappa shape index (κ2) is 14.1. The first kappa shape index (κ1) is 29.5. The van der Waals surface area contributed by atoms with Gasteiger partial charge in [-0.1, -0.05) is 12.1 Å². The number of unbranched alkanes of at least 4 members (excludes halogenated alkanes) is 1. The molecule has 1 aromatic carbocycles. The van der Waals surface area contributed by atoms with Crippen LogP contribution >= 0.6 is 0 Å². The van der Waals surface area contributed by atoms with Crippen molar-refractivity contribution in [3.8, 4) is 5.75 Å². The van der Waals surface area contributed by atoms with E-state index in [1.165, 1.54) is 17.0 Å². The number of benzene rings is 1. The lowest BCUT2D eigenvalue weighted by Gasteiger charge is -2.28. The fraction of sp³-hybridized carbons (Fsp3) is 0.542. The standard InChI is InChI=1S/C24H36N6O7/c25-10-2-1-4-17(21(33)29-18(24(36)37)13-20(27)32)28-22(34)19-5-3-11-30(19)23(35)16(26)12-14-6-8-15(31)9-7-14/h6-9,16-19,31H,1-5,10-13,25-26H2,(H2,27,32)(H,28,34)(H,29,33)(H,36,37). The summed E-state index contributed by atoms with van der Waals surface area (Å²) < 4.78 is 0. The van der Waals surface area contributed by atoms with Gasteiger partial charge in [-0.15, -0.1) is 0 Å². The van der Waals surface area contributed by atoms with Crippen molar-refractivity contribution in [1.29, 1.82) is 0 Å². The van der Waals surface area contributed by atoms with Crippen LogP contribution in [0.3, 0.4) is 0 Å². The Hall–Kier alpha value is -3.71. The molecule has 10 N–H and O–H groups in total. The van der Waals surface area contributed by atoms with E-state index in [1.807, 2.05) is 0 Å². The van der Waals surface area contributed by atoms with Crippen molar-refractivity contribution in [2.75, 3.05) is 13.1 Å². The van der Waals surface area contributed by atoms with Gasteiger partial charge in [0, 0.05) is 6.54 Å². The molecule has 0 aliphatic carbocycles. The molecule has 13 nitrogen and oxygen atoms in total. The highest BCUT2D eigenvalue weighted by atomic mass is 16.4. The second-order valence-corrected chi connectivity index (χ2v) is 9.08. The predicted molar refractivity (Wildman–Crippen MR) is 133 cm³/mol. The van der Waals surface area contributed by atoms with Crippen LogP contribution in [-0.2, 0) is 30.4 Å². The van der Waals surface area contributed by atoms with E-state index >= 15 is 0 Å². The lowest BCUT2D eigenvalue weighted by atomic mass is 10.0. The summed E-state index contributed by atoms with van der Waals surface area (Å²) in [6.07, 6.45) is 1.79. The Morgan fingerprint density at radius 3 is 2.32 bits per heavy atom. The minimum absolute atomic E-state index is 0.0919. The smallest absolute Gasteiger partial charge is 0.326 e. The Morgan fingerprint density at radius 2 is 1.73 bits per heavy atom. The van der Waals surface area contributed by atoms with E-state index in [9.17, 15) is 34.2 Å². The van der Waals surface area contributed by atoms with E-state index in [-0.39, 0.29) is 18.6 Å². The maximum atomic E-state index is 13.2. The number of likely N-dealkylation sites (tertiary alicyclic amines) is 1. The quantitative estimate of drug-likeness (QED) is 0.138. The third-order valence-electron chi connectivity index (χ3n) is 6.15. The van der Waals surface area contributed by atoms with E-state index in [4.69, 9.17) is 17.2 Å². The number of aromatic hydroxyl groups is 1. The molecule has 0 saturated carbocycles. The zero-order valence-electron chi connectivity index (χ0n) is 20.6. The molecular weight excluding hydrogens is 484 g/mol. The SMILES string of the molecule is NCCCCC(NC(=O)C1CCCN1C(=O)C(N)Cc1ccc(O)cc1)C(=O)NC(CC(N)=O)C(=O)O. The van der Waals surface area contributed by atoms with Crippen LogP contribution in [0.15, 0.2) is 24.3 Å². The third-order valence-corrected chi connectivity index (χ3v) is 6.15. The van der Waals surface area contributed by atoms with Gasteiger partial charge in [-0.3, -0.25) is 19.2 Å². The number of phenols is 1. The normalized spacial score (nSPS) is 17.5. The maximum absolute atomic E-state index is 13.2. The fourth-order valence-corrected chi connectivity index (χ4v) is 4.19. The molecule has 1 fully saturated rings. The average molecular weight is 521 g/mol. The number of phenolic OH excluding ortho intramolecular Hbond substituents is 1. The van der Waals surface area contributed by atoms with Gasteiger partial charge in [-0.25, -0.2) is 4.79 Å². The molecule has 1 saturated heterocycles. The van der Waals surface area contributed by atoms with Gasteiger partial charge in [0.2, 0.25) is 23.6 Å². The monoisotopic (exact) mass is 520 g/mol. The first-order valence-corrected chi connectivity index (χ1v) is 12.2. The number of primary amides is 1. The Bertz CT molecular complexity index is 971. The lowest BCUT2D eigenvalue weighted by molar-refractivity contribution is -0.144. The number of hydrogen-bond donors (Lipinski definition) is 7. The van der Waals surface area contributed by atoms with Crippen LogP contribution in [0.5, 0.6) is 5.75 Å². The maximum Gasteiger partial charge on any atom is 0.326 e. The number of hydrogen-bond acceptors (Lipinski definition) is 8. The number of nitrogens with zero attached hydrogens (tertiary/aromatic N) is 1. The number of carboxylic acid groups (broad SMARTS) is 1. The van der Waals surface area contributed by atoms with Crippen molar-refractivity contribution >= 4 is 29.6 Å². The van der Waals surface area contributed by atoms with Gasteiger partial charge in [0.1, 0.15) is 23.9 Å². The number of rotatable bonds is 14. The molecule has 1 aliphatic heterocycles. The molecule has 0 bridgehead atoms. The molecule has 0 spiro atoms. The summed E-state index contributed by atoms with van der Waals surface area (Å²) in [7, 11) is 0. The van der Waals surface area contributed by atoms with Crippen LogP contribution in [0.25, 0.3) is 0 Å². The molecule has 37 heavy (non-hydrogen) atoms. The van der Waals surface area contributed by atoms with Gasteiger partial charge in [-0.05, 0) is 62.8 Å². The zero-order valence-corrected chi connectivity index (χ0v) is 20.6. The Balaban J connectivity index is 2.08. The van der Waals surface area contributed by atoms with Crippen molar-refractivity contribution in [3.05, 3.63) is 29.8 Å². The van der Waals surface area contributed by atoms with Crippen molar-refractivity contribution in [2.45, 2.75) is 69.1 Å². The van der Waals surface area contributed by atoms with Gasteiger partial charge < -0.3 is 42.9 Å². The highest BCUT2D eigenvalue weighted by Crippen LogP contribution is 2.20. The zero-order chi connectivity index (χ0) is 27.5. The largest absolute Gasteiger partial charge is 0.508 e. The van der Waals surface area contributed by atoms with E-state index < -0.39 is 60.2 Å². The Morgan fingerprint density at radius 1 is 1.05 bits per heavy atom. The van der Waals surface area contributed by atoms with Gasteiger partial charge in [0.05, 0.1) is 12.5 Å².